The van der Waals surface area contributed by atoms with Crippen LogP contribution in [0, 0.1) is 5.92 Å². The van der Waals surface area contributed by atoms with Gasteiger partial charge in [0.25, 0.3) is 5.91 Å². The lowest BCUT2D eigenvalue weighted by Crippen LogP contribution is -2.44. The van der Waals surface area contributed by atoms with E-state index in [0.717, 1.165) is 44.3 Å². The molecule has 1 amide bonds. The quantitative estimate of drug-likeness (QED) is 0.814. The Kier molecular flexibility index (Phi) is 3.70. The third kappa shape index (κ3) is 2.91. The van der Waals surface area contributed by atoms with Gasteiger partial charge in [-0.25, -0.2) is 8.42 Å². The molecular formula is C16H23N3O3S. The van der Waals surface area contributed by atoms with E-state index in [4.69, 9.17) is 0 Å². The minimum Gasteiger partial charge on any atom is -0.334 e. The molecule has 6 nitrogen and oxygen atoms in total. The van der Waals surface area contributed by atoms with Crippen LogP contribution in [0.25, 0.3) is 0 Å². The first-order valence-electron chi connectivity index (χ1n) is 8.61. The van der Waals surface area contributed by atoms with Crippen LogP contribution in [0.15, 0.2) is 6.20 Å². The zero-order valence-electron chi connectivity index (χ0n) is 13.3. The van der Waals surface area contributed by atoms with E-state index in [9.17, 15) is 13.2 Å². The van der Waals surface area contributed by atoms with Gasteiger partial charge in [0.2, 0.25) is 0 Å². The number of aromatic nitrogens is 2. The third-order valence-corrected chi connectivity index (χ3v) is 7.08. The highest BCUT2D eigenvalue weighted by Crippen LogP contribution is 2.38. The number of fused-ring (bicyclic) bond motifs is 1. The second-order valence-corrected chi connectivity index (χ2v) is 9.29. The van der Waals surface area contributed by atoms with Crippen LogP contribution in [0.1, 0.15) is 48.2 Å². The smallest absolute Gasteiger partial charge is 0.257 e. The molecule has 2 aliphatic heterocycles. The first-order valence-corrected chi connectivity index (χ1v) is 10.4. The Morgan fingerprint density at radius 1 is 1.17 bits per heavy atom. The third-order valence-electron chi connectivity index (χ3n) is 5.32. The van der Waals surface area contributed by atoms with E-state index in [1.165, 1.54) is 0 Å². The number of rotatable bonds is 2. The molecule has 3 aliphatic rings. The molecule has 0 bridgehead atoms. The molecule has 0 unspecified atom stereocenters. The Balaban J connectivity index is 1.64. The monoisotopic (exact) mass is 337 g/mol. The summed E-state index contributed by atoms with van der Waals surface area (Å²) in [5.41, 5.74) is 1.72. The molecule has 0 N–H and O–H groups in total. The molecule has 0 spiro atoms. The highest BCUT2D eigenvalue weighted by molar-refractivity contribution is 7.91. The molecule has 126 valence electrons. The van der Waals surface area contributed by atoms with Crippen molar-refractivity contribution in [1.29, 1.82) is 0 Å². The summed E-state index contributed by atoms with van der Waals surface area (Å²) >= 11 is 0. The Morgan fingerprint density at radius 2 is 2.00 bits per heavy atom. The summed E-state index contributed by atoms with van der Waals surface area (Å²) in [6.07, 6.45) is 7.39. The zero-order valence-corrected chi connectivity index (χ0v) is 14.1. The van der Waals surface area contributed by atoms with Crippen LogP contribution < -0.4 is 0 Å². The van der Waals surface area contributed by atoms with Gasteiger partial charge in [-0.3, -0.25) is 9.48 Å². The Bertz CT molecular complexity index is 721. The number of carbonyl (C=O) groups is 1. The van der Waals surface area contributed by atoms with Gasteiger partial charge in [-0.1, -0.05) is 0 Å². The molecule has 1 aromatic rings. The molecule has 1 aliphatic carbocycles. The van der Waals surface area contributed by atoms with Crippen molar-refractivity contribution in [3.05, 3.63) is 17.5 Å². The van der Waals surface area contributed by atoms with Crippen molar-refractivity contribution in [3.8, 4) is 0 Å². The molecule has 1 saturated heterocycles. The van der Waals surface area contributed by atoms with Gasteiger partial charge in [0.05, 0.1) is 29.0 Å². The van der Waals surface area contributed by atoms with Gasteiger partial charge in [-0.15, -0.1) is 0 Å². The topological polar surface area (TPSA) is 72.3 Å². The molecule has 4 rings (SSSR count). The molecule has 1 atom stereocenters. The van der Waals surface area contributed by atoms with Gasteiger partial charge < -0.3 is 4.90 Å². The van der Waals surface area contributed by atoms with Crippen molar-refractivity contribution >= 4 is 15.7 Å². The molecule has 0 radical (unpaired) electrons. The Morgan fingerprint density at radius 3 is 2.78 bits per heavy atom. The van der Waals surface area contributed by atoms with Crippen molar-refractivity contribution in [3.63, 3.8) is 0 Å². The van der Waals surface area contributed by atoms with Gasteiger partial charge in [0.15, 0.2) is 9.84 Å². The average Bonchev–Trinajstić information content (AvgIpc) is 3.29. The van der Waals surface area contributed by atoms with E-state index >= 15 is 0 Å². The van der Waals surface area contributed by atoms with Crippen LogP contribution in [0.3, 0.4) is 0 Å². The fourth-order valence-corrected chi connectivity index (χ4v) is 5.64. The first kappa shape index (κ1) is 15.2. The first-order chi connectivity index (χ1) is 11.1. The summed E-state index contributed by atoms with van der Waals surface area (Å²) < 4.78 is 26.2. The maximum Gasteiger partial charge on any atom is 0.257 e. The highest BCUT2D eigenvalue weighted by Gasteiger charge is 2.42. The SMILES string of the molecule is O=C(c1cnn2c1CCCC2)N1CCCS(=O)(=O)C[C@H]1C1CC1. The maximum absolute atomic E-state index is 13.1. The summed E-state index contributed by atoms with van der Waals surface area (Å²) in [7, 11) is -3.04. The Labute approximate surface area is 136 Å². The number of carbonyl (C=O) groups excluding carboxylic acids is 1. The normalized spacial score (nSPS) is 27.3. The van der Waals surface area contributed by atoms with Crippen LogP contribution in [0.4, 0.5) is 0 Å². The maximum atomic E-state index is 13.1. The number of amides is 1. The molecule has 0 aromatic carbocycles. The number of nitrogens with zero attached hydrogens (tertiary/aromatic N) is 3. The van der Waals surface area contributed by atoms with Gasteiger partial charge in [0, 0.05) is 19.1 Å². The largest absolute Gasteiger partial charge is 0.334 e. The van der Waals surface area contributed by atoms with Crippen LogP contribution in [-0.2, 0) is 22.8 Å². The number of sulfone groups is 1. The molecular weight excluding hydrogens is 314 g/mol. The Hall–Kier alpha value is -1.37. The summed E-state index contributed by atoms with van der Waals surface area (Å²) in [4.78, 5) is 15.0. The second kappa shape index (κ2) is 5.61. The zero-order chi connectivity index (χ0) is 16.0. The number of aryl methyl sites for hydroxylation is 1. The average molecular weight is 337 g/mol. The lowest BCUT2D eigenvalue weighted by Gasteiger charge is -2.30. The molecule has 1 saturated carbocycles. The molecule has 2 fully saturated rings. The summed E-state index contributed by atoms with van der Waals surface area (Å²) in [6.45, 7) is 1.42. The van der Waals surface area contributed by atoms with E-state index in [1.807, 2.05) is 9.58 Å². The van der Waals surface area contributed by atoms with Gasteiger partial charge in [0.1, 0.15) is 0 Å². The van der Waals surface area contributed by atoms with Crippen LogP contribution in [-0.4, -0.2) is 53.1 Å². The lowest BCUT2D eigenvalue weighted by molar-refractivity contribution is 0.0678. The summed E-state index contributed by atoms with van der Waals surface area (Å²) in [5.74, 6) is 0.680. The fourth-order valence-electron chi connectivity index (χ4n) is 3.93. The van der Waals surface area contributed by atoms with Gasteiger partial charge >= 0.3 is 0 Å². The van der Waals surface area contributed by atoms with Gasteiger partial charge in [-0.2, -0.15) is 5.10 Å². The fraction of sp³-hybridized carbons (Fsp3) is 0.750. The lowest BCUT2D eigenvalue weighted by atomic mass is 10.0. The van der Waals surface area contributed by atoms with E-state index in [-0.39, 0.29) is 23.5 Å². The van der Waals surface area contributed by atoms with E-state index in [2.05, 4.69) is 5.10 Å². The molecule has 3 heterocycles. The van der Waals surface area contributed by atoms with E-state index in [0.29, 0.717) is 24.4 Å². The van der Waals surface area contributed by atoms with Crippen molar-refractivity contribution in [2.75, 3.05) is 18.1 Å². The van der Waals surface area contributed by atoms with Crippen molar-refractivity contribution in [1.82, 2.24) is 14.7 Å². The molecule has 1 aromatic heterocycles. The highest BCUT2D eigenvalue weighted by atomic mass is 32.2. The number of hydrogen-bond acceptors (Lipinski definition) is 4. The van der Waals surface area contributed by atoms with Crippen molar-refractivity contribution in [2.45, 2.75) is 51.1 Å². The predicted molar refractivity (Wildman–Crippen MR) is 86.0 cm³/mol. The summed E-state index contributed by atoms with van der Waals surface area (Å²) in [5, 5.41) is 4.36. The minimum absolute atomic E-state index is 0.0119. The standard InChI is InChI=1S/C16H23N3O3S/c20-16(13-10-17-19-8-2-1-4-14(13)19)18-7-3-9-23(21,22)11-15(18)12-5-6-12/h10,12,15H,1-9,11H2/t15-/m0/s1. The van der Waals surface area contributed by atoms with Gasteiger partial charge in [-0.05, 0) is 44.4 Å². The molecule has 23 heavy (non-hydrogen) atoms. The minimum atomic E-state index is -3.04. The van der Waals surface area contributed by atoms with E-state index < -0.39 is 9.84 Å². The van der Waals surface area contributed by atoms with E-state index in [1.54, 1.807) is 6.20 Å². The van der Waals surface area contributed by atoms with Crippen LogP contribution in [0.2, 0.25) is 0 Å². The second-order valence-electron chi connectivity index (χ2n) is 7.06. The predicted octanol–water partition coefficient (Wildman–Crippen LogP) is 1.26. The number of hydrogen-bond donors (Lipinski definition) is 0. The van der Waals surface area contributed by atoms with Crippen molar-refractivity contribution < 1.29 is 13.2 Å². The summed E-state index contributed by atoms with van der Waals surface area (Å²) in [6, 6.07) is -0.144. The van der Waals surface area contributed by atoms with Crippen LogP contribution in [0.5, 0.6) is 0 Å². The molecule has 7 heteroatoms. The van der Waals surface area contributed by atoms with Crippen molar-refractivity contribution in [2.24, 2.45) is 5.92 Å². The van der Waals surface area contributed by atoms with Crippen LogP contribution >= 0.6 is 0 Å².